The van der Waals surface area contributed by atoms with E-state index in [1.807, 2.05) is 60.7 Å². The van der Waals surface area contributed by atoms with Gasteiger partial charge in [0.25, 0.3) is 0 Å². The van der Waals surface area contributed by atoms with Gasteiger partial charge in [0.2, 0.25) is 0 Å². The minimum absolute atomic E-state index is 0.420. The average molecular weight is 475 g/mol. The predicted octanol–water partition coefficient (Wildman–Crippen LogP) is 3.54. The third kappa shape index (κ3) is 10.4. The quantitative estimate of drug-likeness (QED) is 0.537. The zero-order valence-corrected chi connectivity index (χ0v) is 19.5. The van der Waals surface area contributed by atoms with E-state index in [-0.39, 0.29) is 0 Å². The van der Waals surface area contributed by atoms with Crippen molar-refractivity contribution >= 4 is 0 Å². The van der Waals surface area contributed by atoms with Gasteiger partial charge in [0.05, 0.1) is 52.9 Å². The Morgan fingerprint density at radius 3 is 1.00 bits per heavy atom. The van der Waals surface area contributed by atoms with E-state index in [0.29, 0.717) is 102 Å². The van der Waals surface area contributed by atoms with Crippen LogP contribution in [0.5, 0.6) is 23.0 Å². The lowest BCUT2D eigenvalue weighted by Gasteiger charge is -2.13. The van der Waals surface area contributed by atoms with Crippen LogP contribution < -0.4 is 18.9 Å². The summed E-state index contributed by atoms with van der Waals surface area (Å²) in [5, 5.41) is 0. The van der Waals surface area contributed by atoms with Gasteiger partial charge in [-0.1, -0.05) is 36.4 Å². The summed E-state index contributed by atoms with van der Waals surface area (Å²) in [6.07, 6.45) is 3.85. The maximum atomic E-state index is 5.79. The summed E-state index contributed by atoms with van der Waals surface area (Å²) in [6.45, 7) is 5.50. The molecule has 0 spiro atoms. The molecule has 0 aliphatic carbocycles. The molecule has 186 valence electrons. The Morgan fingerprint density at radius 2 is 0.647 bits per heavy atom. The number of para-hydroxylation sites is 4. The fraction of sp³-hybridized carbons (Fsp3) is 0.462. The maximum absolute atomic E-state index is 5.79. The molecule has 1 aliphatic rings. The van der Waals surface area contributed by atoms with Crippen molar-refractivity contribution in [2.24, 2.45) is 0 Å². The van der Waals surface area contributed by atoms with E-state index < -0.39 is 0 Å². The molecule has 1 heterocycles. The summed E-state index contributed by atoms with van der Waals surface area (Å²) in [6, 6.07) is 15.1. The van der Waals surface area contributed by atoms with Gasteiger partial charge in [-0.05, 0) is 24.3 Å². The van der Waals surface area contributed by atoms with E-state index in [9.17, 15) is 0 Å². The third-order valence-corrected chi connectivity index (χ3v) is 4.61. The molecule has 3 rings (SSSR count). The van der Waals surface area contributed by atoms with Crippen LogP contribution in [0.15, 0.2) is 60.7 Å². The van der Waals surface area contributed by atoms with Crippen LogP contribution in [0.1, 0.15) is 0 Å². The summed E-state index contributed by atoms with van der Waals surface area (Å²) >= 11 is 0. The summed E-state index contributed by atoms with van der Waals surface area (Å²) in [5.41, 5.74) is 0. The highest BCUT2D eigenvalue weighted by Gasteiger charge is 2.05. The van der Waals surface area contributed by atoms with E-state index in [1.165, 1.54) is 0 Å². The first-order chi connectivity index (χ1) is 16.9. The van der Waals surface area contributed by atoms with Gasteiger partial charge in [-0.25, -0.2) is 0 Å². The molecule has 0 amide bonds. The number of benzene rings is 2. The van der Waals surface area contributed by atoms with Crippen molar-refractivity contribution in [2.75, 3.05) is 79.3 Å². The predicted molar refractivity (Wildman–Crippen MR) is 127 cm³/mol. The first kappa shape index (κ1) is 25.8. The van der Waals surface area contributed by atoms with Gasteiger partial charge in [0.15, 0.2) is 23.0 Å². The van der Waals surface area contributed by atoms with Crippen molar-refractivity contribution in [2.45, 2.75) is 0 Å². The first-order valence-electron chi connectivity index (χ1n) is 11.6. The zero-order chi connectivity index (χ0) is 23.5. The van der Waals surface area contributed by atoms with Crippen LogP contribution in [0, 0.1) is 0 Å². The Labute approximate surface area is 201 Å². The molecule has 0 saturated heterocycles. The van der Waals surface area contributed by atoms with Gasteiger partial charge in [-0.3, -0.25) is 0 Å². The molecule has 0 N–H and O–H groups in total. The number of hydrogen-bond acceptors (Lipinski definition) is 8. The minimum Gasteiger partial charge on any atom is -0.487 e. The van der Waals surface area contributed by atoms with Gasteiger partial charge in [0.1, 0.15) is 26.4 Å². The Hall–Kier alpha value is -2.78. The monoisotopic (exact) mass is 474 g/mol. The van der Waals surface area contributed by atoms with Crippen LogP contribution in [0.3, 0.4) is 0 Å². The van der Waals surface area contributed by atoms with Crippen LogP contribution in [-0.4, -0.2) is 79.3 Å². The van der Waals surface area contributed by atoms with Crippen LogP contribution in [0.2, 0.25) is 0 Å². The number of hydrogen-bond donors (Lipinski definition) is 0. The fourth-order valence-electron chi connectivity index (χ4n) is 2.98. The van der Waals surface area contributed by atoms with E-state index in [0.717, 1.165) is 0 Å². The second-order valence-corrected chi connectivity index (χ2v) is 7.13. The van der Waals surface area contributed by atoms with Crippen molar-refractivity contribution < 1.29 is 37.9 Å². The molecule has 8 heteroatoms. The summed E-state index contributed by atoms with van der Waals surface area (Å²) < 4.78 is 45.4. The number of ether oxygens (including phenoxy) is 8. The smallest absolute Gasteiger partial charge is 0.161 e. The average Bonchev–Trinajstić information content (AvgIpc) is 2.86. The molecule has 2 aromatic carbocycles. The van der Waals surface area contributed by atoms with Gasteiger partial charge in [0, 0.05) is 0 Å². The molecule has 0 bridgehead atoms. The highest BCUT2D eigenvalue weighted by molar-refractivity contribution is 5.40. The first-order valence-corrected chi connectivity index (χ1v) is 11.6. The van der Waals surface area contributed by atoms with E-state index in [1.54, 1.807) is 0 Å². The highest BCUT2D eigenvalue weighted by atomic mass is 16.6. The molecular formula is C26H34O8. The van der Waals surface area contributed by atoms with E-state index in [2.05, 4.69) is 0 Å². The molecule has 8 nitrogen and oxygen atoms in total. The summed E-state index contributed by atoms with van der Waals surface area (Å²) in [4.78, 5) is 0. The number of rotatable bonds is 0. The van der Waals surface area contributed by atoms with Crippen LogP contribution >= 0.6 is 0 Å². The maximum Gasteiger partial charge on any atom is 0.161 e. The molecule has 0 radical (unpaired) electrons. The third-order valence-electron chi connectivity index (χ3n) is 4.61. The lowest BCUT2D eigenvalue weighted by Crippen LogP contribution is -2.14. The van der Waals surface area contributed by atoms with Gasteiger partial charge in [-0.15, -0.1) is 0 Å². The van der Waals surface area contributed by atoms with Gasteiger partial charge in [-0.2, -0.15) is 0 Å². The standard InChI is InChI=1S/C26H34O8/c1-3-9-25-23(7-1)31-19-15-27-11-5-6-12-28-16-20-32-24-8-2-4-10-26(24)34-22-18-30-14-13-29-17-21-33-25/h1-10H,11-22H2/b6-5+. The SMILES string of the molecule is C1=C/COCCOc2ccccc2OCCOCCOCCOc2ccccc2OCCOC/1. The molecular weight excluding hydrogens is 440 g/mol. The van der Waals surface area contributed by atoms with Crippen LogP contribution in [-0.2, 0) is 18.9 Å². The van der Waals surface area contributed by atoms with Gasteiger partial charge >= 0.3 is 0 Å². The Morgan fingerprint density at radius 1 is 0.353 bits per heavy atom. The van der Waals surface area contributed by atoms with Crippen molar-refractivity contribution in [3.63, 3.8) is 0 Å². The van der Waals surface area contributed by atoms with Crippen molar-refractivity contribution in [3.8, 4) is 23.0 Å². The zero-order valence-electron chi connectivity index (χ0n) is 19.5. The molecule has 2 aromatic rings. The van der Waals surface area contributed by atoms with Crippen molar-refractivity contribution in [1.82, 2.24) is 0 Å². The van der Waals surface area contributed by atoms with E-state index >= 15 is 0 Å². The van der Waals surface area contributed by atoms with Crippen molar-refractivity contribution in [3.05, 3.63) is 60.7 Å². The summed E-state index contributed by atoms with van der Waals surface area (Å²) in [7, 11) is 0. The second kappa shape index (κ2) is 16.8. The highest BCUT2D eigenvalue weighted by Crippen LogP contribution is 2.27. The van der Waals surface area contributed by atoms with Gasteiger partial charge < -0.3 is 37.9 Å². The molecule has 0 aromatic heterocycles. The van der Waals surface area contributed by atoms with Crippen LogP contribution in [0.4, 0.5) is 0 Å². The Balaban J connectivity index is 1.45. The largest absolute Gasteiger partial charge is 0.487 e. The van der Waals surface area contributed by atoms with E-state index in [4.69, 9.17) is 37.9 Å². The molecule has 34 heavy (non-hydrogen) atoms. The summed E-state index contributed by atoms with van der Waals surface area (Å²) in [5.74, 6) is 2.73. The Bertz CT molecular complexity index is 758. The molecule has 0 unspecified atom stereocenters. The molecule has 0 fully saturated rings. The normalized spacial score (nSPS) is 19.1. The minimum atomic E-state index is 0.420. The molecule has 1 aliphatic heterocycles. The molecule has 0 saturated carbocycles. The second-order valence-electron chi connectivity index (χ2n) is 7.13. The lowest BCUT2D eigenvalue weighted by atomic mass is 10.3. The lowest BCUT2D eigenvalue weighted by molar-refractivity contribution is 0.0266. The fourth-order valence-corrected chi connectivity index (χ4v) is 2.98. The van der Waals surface area contributed by atoms with Crippen LogP contribution in [0.25, 0.3) is 0 Å². The Kier molecular flexibility index (Phi) is 12.7. The molecule has 0 atom stereocenters. The number of fused-ring (bicyclic) bond motifs is 2. The topological polar surface area (TPSA) is 73.8 Å². The van der Waals surface area contributed by atoms with Crippen molar-refractivity contribution in [1.29, 1.82) is 0 Å².